The molecule has 0 fully saturated rings. The maximum atomic E-state index is 14.3. The van der Waals surface area contributed by atoms with Crippen LogP contribution in [-0.4, -0.2) is 11.7 Å². The summed E-state index contributed by atoms with van der Waals surface area (Å²) in [5.41, 5.74) is -0.354. The van der Waals surface area contributed by atoms with Crippen LogP contribution in [0.3, 0.4) is 0 Å². The third-order valence-electron chi connectivity index (χ3n) is 3.80. The normalized spacial score (nSPS) is 13.4. The molecule has 0 radical (unpaired) electrons. The van der Waals surface area contributed by atoms with E-state index in [1.165, 1.54) is 6.92 Å². The molecule has 0 spiro atoms. The highest BCUT2D eigenvalue weighted by molar-refractivity contribution is 7.79. The molecule has 0 aliphatic carbocycles. The van der Waals surface area contributed by atoms with Gasteiger partial charge in [-0.15, -0.1) is 0 Å². The van der Waals surface area contributed by atoms with Gasteiger partial charge in [0.25, 0.3) is 0 Å². The first-order valence-electron chi connectivity index (χ1n) is 7.74. The van der Waals surface area contributed by atoms with Crippen LogP contribution in [0.25, 0.3) is 0 Å². The third-order valence-corrected chi connectivity index (χ3v) is 7.56. The fourth-order valence-electron chi connectivity index (χ4n) is 2.79. The number of carbonyl (C=O) groups is 1. The molecule has 0 saturated carbocycles. The van der Waals surface area contributed by atoms with Gasteiger partial charge in [-0.25, -0.2) is 0 Å². The highest BCUT2D eigenvalue weighted by atomic mass is 31.2. The fraction of sp³-hybridized carbons (Fsp3) is 0.316. The SMILES string of the molecule is CC(=O)N[C@@H](C(C)(C)C)P(=O)(c1ccccc1)c1ccccc1. The molecule has 122 valence electrons. The van der Waals surface area contributed by atoms with Crippen molar-refractivity contribution in [1.29, 1.82) is 0 Å². The molecule has 0 bridgehead atoms. The second kappa shape index (κ2) is 6.72. The molecule has 2 aromatic rings. The van der Waals surface area contributed by atoms with Gasteiger partial charge in [-0.2, -0.15) is 0 Å². The lowest BCUT2D eigenvalue weighted by atomic mass is 9.96. The smallest absolute Gasteiger partial charge is 0.217 e. The molecule has 4 heteroatoms. The largest absolute Gasteiger partial charge is 0.345 e. The highest BCUT2D eigenvalue weighted by Crippen LogP contribution is 2.53. The van der Waals surface area contributed by atoms with Crippen LogP contribution in [0.1, 0.15) is 27.7 Å². The van der Waals surface area contributed by atoms with Crippen LogP contribution < -0.4 is 15.9 Å². The lowest BCUT2D eigenvalue weighted by molar-refractivity contribution is -0.119. The molecule has 2 aromatic carbocycles. The monoisotopic (exact) mass is 329 g/mol. The van der Waals surface area contributed by atoms with Gasteiger partial charge in [-0.3, -0.25) is 4.79 Å². The van der Waals surface area contributed by atoms with E-state index in [9.17, 15) is 9.36 Å². The summed E-state index contributed by atoms with van der Waals surface area (Å²) in [5.74, 6) is -0.644. The number of hydrogen-bond acceptors (Lipinski definition) is 2. The zero-order valence-corrected chi connectivity index (χ0v) is 15.0. The molecule has 0 aliphatic rings. The van der Waals surface area contributed by atoms with E-state index in [2.05, 4.69) is 5.32 Å². The summed E-state index contributed by atoms with van der Waals surface area (Å²) in [4.78, 5) is 11.8. The maximum Gasteiger partial charge on any atom is 0.217 e. The molecule has 1 atom stereocenters. The van der Waals surface area contributed by atoms with E-state index in [0.29, 0.717) is 0 Å². The summed E-state index contributed by atoms with van der Waals surface area (Å²) in [7, 11) is -3.04. The molecular weight excluding hydrogens is 305 g/mol. The van der Waals surface area contributed by atoms with E-state index in [-0.39, 0.29) is 11.3 Å². The van der Waals surface area contributed by atoms with Gasteiger partial charge in [0.2, 0.25) is 5.91 Å². The van der Waals surface area contributed by atoms with E-state index in [0.717, 1.165) is 10.6 Å². The van der Waals surface area contributed by atoms with Crippen molar-refractivity contribution < 1.29 is 9.36 Å². The summed E-state index contributed by atoms with van der Waals surface area (Å²) in [6.07, 6.45) is 0. The van der Waals surface area contributed by atoms with Gasteiger partial charge < -0.3 is 9.88 Å². The quantitative estimate of drug-likeness (QED) is 0.873. The Morgan fingerprint density at radius 1 is 0.913 bits per heavy atom. The van der Waals surface area contributed by atoms with E-state index >= 15 is 0 Å². The first-order chi connectivity index (χ1) is 10.8. The number of rotatable bonds is 4. The number of carbonyl (C=O) groups excluding carboxylic acids is 1. The van der Waals surface area contributed by atoms with E-state index in [1.54, 1.807) is 0 Å². The Morgan fingerprint density at radius 2 is 1.30 bits per heavy atom. The van der Waals surface area contributed by atoms with Gasteiger partial charge in [0.15, 0.2) is 7.14 Å². The standard InChI is InChI=1S/C19H24NO2P/c1-15(21)20-18(19(2,3)4)23(22,16-11-7-5-8-12-16)17-13-9-6-10-14-17/h5-14,18H,1-4H3,(H,20,21)/t18-/m1/s1. The minimum Gasteiger partial charge on any atom is -0.345 e. The summed E-state index contributed by atoms with van der Waals surface area (Å²) in [5, 5.41) is 4.48. The minimum absolute atomic E-state index is 0.169. The Kier molecular flexibility index (Phi) is 5.11. The van der Waals surface area contributed by atoms with Crippen molar-refractivity contribution in [2.75, 3.05) is 0 Å². The number of benzene rings is 2. The summed E-state index contributed by atoms with van der Waals surface area (Å²) < 4.78 is 14.3. The second-order valence-electron chi connectivity index (χ2n) is 6.80. The molecule has 3 nitrogen and oxygen atoms in total. The van der Waals surface area contributed by atoms with Crippen LogP contribution in [0.5, 0.6) is 0 Å². The van der Waals surface area contributed by atoms with Crippen molar-refractivity contribution in [3.05, 3.63) is 60.7 Å². The summed E-state index contributed by atoms with van der Waals surface area (Å²) in [6, 6.07) is 18.9. The van der Waals surface area contributed by atoms with Crippen molar-refractivity contribution in [3.63, 3.8) is 0 Å². The van der Waals surface area contributed by atoms with Crippen LogP contribution in [-0.2, 0) is 9.36 Å². The zero-order valence-electron chi connectivity index (χ0n) is 14.1. The number of nitrogens with one attached hydrogen (secondary N) is 1. The van der Waals surface area contributed by atoms with Gasteiger partial charge in [0.1, 0.15) is 0 Å². The highest BCUT2D eigenvalue weighted by Gasteiger charge is 2.43. The Morgan fingerprint density at radius 3 is 1.61 bits per heavy atom. The first kappa shape index (κ1) is 17.5. The maximum absolute atomic E-state index is 14.3. The van der Waals surface area contributed by atoms with Crippen molar-refractivity contribution in [3.8, 4) is 0 Å². The van der Waals surface area contributed by atoms with Crippen LogP contribution >= 0.6 is 7.14 Å². The molecule has 23 heavy (non-hydrogen) atoms. The van der Waals surface area contributed by atoms with Gasteiger partial charge >= 0.3 is 0 Å². The lowest BCUT2D eigenvalue weighted by Gasteiger charge is -2.38. The third kappa shape index (κ3) is 3.73. The molecule has 1 amide bonds. The summed E-state index contributed by atoms with van der Waals surface area (Å²) >= 11 is 0. The topological polar surface area (TPSA) is 46.2 Å². The molecular formula is C19H24NO2P. The van der Waals surface area contributed by atoms with E-state index in [4.69, 9.17) is 0 Å². The fourth-order valence-corrected chi connectivity index (χ4v) is 6.37. The van der Waals surface area contributed by atoms with Gasteiger partial charge in [0, 0.05) is 17.5 Å². The van der Waals surface area contributed by atoms with Crippen LogP contribution in [0.2, 0.25) is 0 Å². The summed E-state index contributed by atoms with van der Waals surface area (Å²) in [6.45, 7) is 7.49. The molecule has 0 aromatic heterocycles. The molecule has 0 saturated heterocycles. The molecule has 0 heterocycles. The Labute approximate surface area is 138 Å². The van der Waals surface area contributed by atoms with Crippen molar-refractivity contribution in [1.82, 2.24) is 5.32 Å². The minimum atomic E-state index is -3.04. The van der Waals surface area contributed by atoms with Crippen LogP contribution in [0, 0.1) is 5.41 Å². The average molecular weight is 329 g/mol. The number of amides is 1. The molecule has 0 aliphatic heterocycles. The van der Waals surface area contributed by atoms with E-state index in [1.807, 2.05) is 81.4 Å². The predicted molar refractivity (Wildman–Crippen MR) is 96.8 cm³/mol. The molecule has 2 rings (SSSR count). The first-order valence-corrected chi connectivity index (χ1v) is 9.52. The van der Waals surface area contributed by atoms with Crippen LogP contribution in [0.4, 0.5) is 0 Å². The van der Waals surface area contributed by atoms with Gasteiger partial charge in [0.05, 0.1) is 5.78 Å². The Hall–Kier alpha value is -1.86. The van der Waals surface area contributed by atoms with E-state index < -0.39 is 12.9 Å². The predicted octanol–water partition coefficient (Wildman–Crippen LogP) is 3.51. The second-order valence-corrected chi connectivity index (χ2v) is 9.66. The van der Waals surface area contributed by atoms with Gasteiger partial charge in [-0.05, 0) is 5.41 Å². The van der Waals surface area contributed by atoms with Crippen molar-refractivity contribution >= 4 is 23.7 Å². The molecule has 1 N–H and O–H groups in total. The average Bonchev–Trinajstić information content (AvgIpc) is 2.52. The van der Waals surface area contributed by atoms with Crippen LogP contribution in [0.15, 0.2) is 60.7 Å². The van der Waals surface area contributed by atoms with Crippen molar-refractivity contribution in [2.45, 2.75) is 33.5 Å². The Balaban J connectivity index is 2.71. The zero-order chi connectivity index (χ0) is 17.1. The lowest BCUT2D eigenvalue weighted by Crippen LogP contribution is -2.46. The van der Waals surface area contributed by atoms with Gasteiger partial charge in [-0.1, -0.05) is 81.4 Å². The van der Waals surface area contributed by atoms with Crippen molar-refractivity contribution in [2.24, 2.45) is 5.41 Å². The number of hydrogen-bond donors (Lipinski definition) is 1. The molecule has 0 unspecified atom stereocenters. The Bertz CT molecular complexity index is 662.